The number of likely N-dealkylation sites (tertiary alicyclic amines) is 1. The second kappa shape index (κ2) is 5.58. The summed E-state index contributed by atoms with van der Waals surface area (Å²) in [7, 11) is 0. The molecule has 0 unspecified atom stereocenters. The fourth-order valence-electron chi connectivity index (χ4n) is 2.64. The number of halogens is 1. The molecular formula is C14H17FN4O. The standard InChI is InChI=1S/C14H17FN4O/c15-12-3-1-2-10(8-12)9-19-6-4-11(5-7-19)13-17-18-14(16)20-13/h1-3,8,11H,4-7,9H2,(H2,16,18). The van der Waals surface area contributed by atoms with E-state index in [2.05, 4.69) is 15.1 Å². The molecule has 0 amide bonds. The molecule has 0 radical (unpaired) electrons. The van der Waals surface area contributed by atoms with Gasteiger partial charge in [-0.2, -0.15) is 0 Å². The molecule has 0 aliphatic carbocycles. The maximum Gasteiger partial charge on any atom is 0.312 e. The first kappa shape index (κ1) is 13.1. The summed E-state index contributed by atoms with van der Waals surface area (Å²) in [6.45, 7) is 2.64. The van der Waals surface area contributed by atoms with E-state index in [0.717, 1.165) is 38.0 Å². The Hall–Kier alpha value is -1.95. The Bertz CT molecular complexity index is 578. The van der Waals surface area contributed by atoms with Gasteiger partial charge in [0.15, 0.2) is 0 Å². The van der Waals surface area contributed by atoms with Crippen molar-refractivity contribution in [3.8, 4) is 0 Å². The molecule has 0 atom stereocenters. The molecule has 2 N–H and O–H groups in total. The van der Waals surface area contributed by atoms with Gasteiger partial charge in [-0.15, -0.1) is 5.10 Å². The third kappa shape index (κ3) is 2.96. The maximum atomic E-state index is 13.1. The van der Waals surface area contributed by atoms with Gasteiger partial charge in [-0.25, -0.2) is 4.39 Å². The molecule has 1 saturated heterocycles. The number of nitrogen functional groups attached to an aromatic ring is 1. The van der Waals surface area contributed by atoms with Gasteiger partial charge in [0.1, 0.15) is 5.82 Å². The van der Waals surface area contributed by atoms with Crippen LogP contribution in [-0.4, -0.2) is 28.2 Å². The highest BCUT2D eigenvalue weighted by Gasteiger charge is 2.24. The fourth-order valence-corrected chi connectivity index (χ4v) is 2.64. The van der Waals surface area contributed by atoms with Crippen molar-refractivity contribution in [1.82, 2.24) is 15.1 Å². The highest BCUT2D eigenvalue weighted by molar-refractivity contribution is 5.16. The smallest absolute Gasteiger partial charge is 0.312 e. The molecule has 1 aromatic carbocycles. The fraction of sp³-hybridized carbons (Fsp3) is 0.429. The SMILES string of the molecule is Nc1nnc(C2CCN(Cc3cccc(F)c3)CC2)o1. The molecule has 2 aromatic rings. The number of anilines is 1. The van der Waals surface area contributed by atoms with Crippen LogP contribution in [0.3, 0.4) is 0 Å². The van der Waals surface area contributed by atoms with Crippen LogP contribution in [0.5, 0.6) is 0 Å². The van der Waals surface area contributed by atoms with Crippen LogP contribution in [0.4, 0.5) is 10.4 Å². The van der Waals surface area contributed by atoms with Gasteiger partial charge < -0.3 is 10.2 Å². The van der Waals surface area contributed by atoms with Gasteiger partial charge in [0.2, 0.25) is 5.89 Å². The summed E-state index contributed by atoms with van der Waals surface area (Å²) >= 11 is 0. The lowest BCUT2D eigenvalue weighted by molar-refractivity contribution is 0.193. The highest BCUT2D eigenvalue weighted by atomic mass is 19.1. The Morgan fingerprint density at radius 1 is 1.30 bits per heavy atom. The van der Waals surface area contributed by atoms with Crippen molar-refractivity contribution in [3.63, 3.8) is 0 Å². The summed E-state index contributed by atoms with van der Waals surface area (Å²) in [6, 6.07) is 6.88. The monoisotopic (exact) mass is 276 g/mol. The molecule has 1 aliphatic heterocycles. The van der Waals surface area contributed by atoms with Crippen molar-refractivity contribution in [3.05, 3.63) is 41.5 Å². The first-order valence-electron chi connectivity index (χ1n) is 6.76. The van der Waals surface area contributed by atoms with Gasteiger partial charge in [-0.1, -0.05) is 17.2 Å². The van der Waals surface area contributed by atoms with Gasteiger partial charge in [0, 0.05) is 12.5 Å². The Labute approximate surface area is 116 Å². The lowest BCUT2D eigenvalue weighted by atomic mass is 9.96. The third-order valence-electron chi connectivity index (χ3n) is 3.69. The van der Waals surface area contributed by atoms with Crippen LogP contribution in [0.1, 0.15) is 30.2 Å². The summed E-state index contributed by atoms with van der Waals surface area (Å²) in [5.41, 5.74) is 6.45. The van der Waals surface area contributed by atoms with Crippen LogP contribution in [0.15, 0.2) is 28.7 Å². The molecule has 20 heavy (non-hydrogen) atoms. The molecule has 1 fully saturated rings. The molecule has 3 rings (SSSR count). The first-order chi connectivity index (χ1) is 9.70. The number of rotatable bonds is 3. The maximum absolute atomic E-state index is 13.1. The van der Waals surface area contributed by atoms with Crippen LogP contribution in [-0.2, 0) is 6.54 Å². The average molecular weight is 276 g/mol. The van der Waals surface area contributed by atoms with Crippen LogP contribution in [0.2, 0.25) is 0 Å². The summed E-state index contributed by atoms with van der Waals surface area (Å²) in [5, 5.41) is 7.64. The lowest BCUT2D eigenvalue weighted by Gasteiger charge is -2.30. The molecule has 6 heteroatoms. The second-order valence-corrected chi connectivity index (χ2v) is 5.16. The van der Waals surface area contributed by atoms with E-state index in [9.17, 15) is 4.39 Å². The number of hydrogen-bond donors (Lipinski definition) is 1. The number of nitrogens with two attached hydrogens (primary N) is 1. The largest absolute Gasteiger partial charge is 0.408 e. The zero-order valence-electron chi connectivity index (χ0n) is 11.1. The number of hydrogen-bond acceptors (Lipinski definition) is 5. The van der Waals surface area contributed by atoms with E-state index in [1.165, 1.54) is 6.07 Å². The molecular weight excluding hydrogens is 259 g/mol. The quantitative estimate of drug-likeness (QED) is 0.930. The van der Waals surface area contributed by atoms with Crippen molar-refractivity contribution >= 4 is 6.01 Å². The molecule has 1 aromatic heterocycles. The van der Waals surface area contributed by atoms with E-state index in [4.69, 9.17) is 10.2 Å². The van der Waals surface area contributed by atoms with Gasteiger partial charge in [0.25, 0.3) is 0 Å². The molecule has 1 aliphatic rings. The summed E-state index contributed by atoms with van der Waals surface area (Å²) in [5.74, 6) is 0.732. The molecule has 5 nitrogen and oxygen atoms in total. The minimum Gasteiger partial charge on any atom is -0.408 e. The van der Waals surface area contributed by atoms with Crippen LogP contribution in [0, 0.1) is 5.82 Å². The minimum absolute atomic E-state index is 0.127. The summed E-state index contributed by atoms with van der Waals surface area (Å²) in [4.78, 5) is 2.31. The molecule has 0 saturated carbocycles. The van der Waals surface area contributed by atoms with Crippen molar-refractivity contribution in [1.29, 1.82) is 0 Å². The minimum atomic E-state index is -0.182. The number of aromatic nitrogens is 2. The van der Waals surface area contributed by atoms with Crippen LogP contribution < -0.4 is 5.73 Å². The van der Waals surface area contributed by atoms with Crippen LogP contribution in [0.25, 0.3) is 0 Å². The highest BCUT2D eigenvalue weighted by Crippen LogP contribution is 2.28. The molecule has 0 spiro atoms. The summed E-state index contributed by atoms with van der Waals surface area (Å²) in [6.07, 6.45) is 1.91. The van der Waals surface area contributed by atoms with Gasteiger partial charge in [0.05, 0.1) is 0 Å². The Balaban J connectivity index is 1.56. The van der Waals surface area contributed by atoms with Gasteiger partial charge in [-0.05, 0) is 43.6 Å². The normalized spacial score (nSPS) is 17.4. The van der Waals surface area contributed by atoms with E-state index in [1.54, 1.807) is 12.1 Å². The topological polar surface area (TPSA) is 68.2 Å². The van der Waals surface area contributed by atoms with Crippen molar-refractivity contribution in [2.75, 3.05) is 18.8 Å². The average Bonchev–Trinajstić information content (AvgIpc) is 2.86. The van der Waals surface area contributed by atoms with Crippen molar-refractivity contribution in [2.45, 2.75) is 25.3 Å². The predicted octanol–water partition coefficient (Wildman–Crippen LogP) is 2.17. The second-order valence-electron chi connectivity index (χ2n) is 5.16. The molecule has 106 valence electrons. The third-order valence-corrected chi connectivity index (χ3v) is 3.69. The van der Waals surface area contributed by atoms with Crippen LogP contribution >= 0.6 is 0 Å². The first-order valence-corrected chi connectivity index (χ1v) is 6.76. The Morgan fingerprint density at radius 3 is 2.75 bits per heavy atom. The zero-order chi connectivity index (χ0) is 13.9. The zero-order valence-corrected chi connectivity index (χ0v) is 11.1. The number of benzene rings is 1. The lowest BCUT2D eigenvalue weighted by Crippen LogP contribution is -2.32. The van der Waals surface area contributed by atoms with E-state index >= 15 is 0 Å². The van der Waals surface area contributed by atoms with Crippen molar-refractivity contribution in [2.24, 2.45) is 0 Å². The predicted molar refractivity (Wildman–Crippen MR) is 72.4 cm³/mol. The molecule has 2 heterocycles. The van der Waals surface area contributed by atoms with E-state index in [1.807, 2.05) is 6.07 Å². The van der Waals surface area contributed by atoms with E-state index < -0.39 is 0 Å². The molecule has 0 bridgehead atoms. The Kier molecular flexibility index (Phi) is 3.64. The number of nitrogens with zero attached hydrogens (tertiary/aromatic N) is 3. The summed E-state index contributed by atoms with van der Waals surface area (Å²) < 4.78 is 18.4. The van der Waals surface area contributed by atoms with Gasteiger partial charge >= 0.3 is 6.01 Å². The van der Waals surface area contributed by atoms with E-state index in [-0.39, 0.29) is 17.7 Å². The number of piperidine rings is 1. The Morgan fingerprint density at radius 2 is 2.10 bits per heavy atom. The van der Waals surface area contributed by atoms with Gasteiger partial charge in [-0.3, -0.25) is 4.90 Å². The van der Waals surface area contributed by atoms with E-state index in [0.29, 0.717) is 5.89 Å². The van der Waals surface area contributed by atoms with Crippen molar-refractivity contribution < 1.29 is 8.81 Å².